The molecule has 3 aliphatic rings. The zero-order valence-electron chi connectivity index (χ0n) is 17.2. The summed E-state index contributed by atoms with van der Waals surface area (Å²) in [6, 6.07) is 11.0. The molecule has 5 nitrogen and oxygen atoms in total. The van der Waals surface area contributed by atoms with Gasteiger partial charge in [-0.05, 0) is 92.0 Å². The first-order valence-corrected chi connectivity index (χ1v) is 12.6. The Morgan fingerprint density at radius 2 is 1.63 bits per heavy atom. The van der Waals surface area contributed by atoms with Gasteiger partial charge in [-0.2, -0.15) is 0 Å². The van der Waals surface area contributed by atoms with Crippen LogP contribution in [0, 0.1) is 5.92 Å². The largest absolute Gasteiger partial charge is 0.312 e. The standard InChI is InChI=1S/C24H28N2O3S/c27-24(18-6-2-3-7-18)26-14-13-20-15-21(10-12-23(20)26)25-30(28,29)22-11-9-17-5-1-4-8-19(17)16-22/h9-12,15-16,18,25H,1-8,13-14H2. The first-order chi connectivity index (χ1) is 14.5. The maximum absolute atomic E-state index is 13.0. The number of amides is 1. The van der Waals surface area contributed by atoms with Crippen LogP contribution in [0.5, 0.6) is 0 Å². The normalized spacial score (nSPS) is 18.9. The van der Waals surface area contributed by atoms with E-state index in [2.05, 4.69) is 4.72 Å². The smallest absolute Gasteiger partial charge is 0.261 e. The highest BCUT2D eigenvalue weighted by atomic mass is 32.2. The van der Waals surface area contributed by atoms with Crippen LogP contribution in [0.15, 0.2) is 41.3 Å². The zero-order chi connectivity index (χ0) is 20.7. The van der Waals surface area contributed by atoms with Crippen LogP contribution in [-0.2, 0) is 34.1 Å². The minimum Gasteiger partial charge on any atom is -0.312 e. The highest BCUT2D eigenvalue weighted by Crippen LogP contribution is 2.35. The molecule has 1 saturated carbocycles. The van der Waals surface area contributed by atoms with E-state index in [-0.39, 0.29) is 11.8 Å². The number of carbonyl (C=O) groups excluding carboxylic acids is 1. The Labute approximate surface area is 178 Å². The second-order valence-corrected chi connectivity index (χ2v) is 10.5. The summed E-state index contributed by atoms with van der Waals surface area (Å²) < 4.78 is 28.7. The molecule has 1 N–H and O–H groups in total. The van der Waals surface area contributed by atoms with Crippen LogP contribution in [-0.4, -0.2) is 20.9 Å². The van der Waals surface area contributed by atoms with Gasteiger partial charge in [-0.15, -0.1) is 0 Å². The topological polar surface area (TPSA) is 66.5 Å². The van der Waals surface area contributed by atoms with Crippen molar-refractivity contribution < 1.29 is 13.2 Å². The van der Waals surface area contributed by atoms with Gasteiger partial charge in [0, 0.05) is 23.8 Å². The molecule has 30 heavy (non-hydrogen) atoms. The summed E-state index contributed by atoms with van der Waals surface area (Å²) >= 11 is 0. The summed E-state index contributed by atoms with van der Waals surface area (Å²) in [7, 11) is -3.64. The number of nitrogens with one attached hydrogen (secondary N) is 1. The molecule has 0 spiro atoms. The van der Waals surface area contributed by atoms with E-state index in [9.17, 15) is 13.2 Å². The average molecular weight is 425 g/mol. The lowest BCUT2D eigenvalue weighted by Gasteiger charge is -2.21. The Balaban J connectivity index is 1.35. The van der Waals surface area contributed by atoms with E-state index < -0.39 is 10.0 Å². The molecule has 6 heteroatoms. The molecule has 1 amide bonds. The maximum Gasteiger partial charge on any atom is 0.261 e. The third kappa shape index (κ3) is 3.62. The van der Waals surface area contributed by atoms with Crippen molar-refractivity contribution in [1.29, 1.82) is 0 Å². The van der Waals surface area contributed by atoms with Crippen molar-refractivity contribution in [2.24, 2.45) is 5.92 Å². The Kier molecular flexibility index (Phi) is 5.05. The number of anilines is 2. The van der Waals surface area contributed by atoms with E-state index in [1.165, 1.54) is 12.0 Å². The van der Waals surface area contributed by atoms with Gasteiger partial charge in [0.05, 0.1) is 4.90 Å². The van der Waals surface area contributed by atoms with Crippen molar-refractivity contribution in [2.75, 3.05) is 16.2 Å². The molecule has 0 saturated heterocycles. The molecule has 1 fully saturated rings. The predicted molar refractivity (Wildman–Crippen MR) is 118 cm³/mol. The lowest BCUT2D eigenvalue weighted by atomic mass is 9.92. The lowest BCUT2D eigenvalue weighted by Crippen LogP contribution is -2.33. The second kappa shape index (κ2) is 7.73. The Morgan fingerprint density at radius 3 is 2.43 bits per heavy atom. The number of sulfonamides is 1. The quantitative estimate of drug-likeness (QED) is 0.789. The number of hydrogen-bond donors (Lipinski definition) is 1. The van der Waals surface area contributed by atoms with Gasteiger partial charge in [0.2, 0.25) is 5.91 Å². The van der Waals surface area contributed by atoms with Crippen LogP contribution in [0.4, 0.5) is 11.4 Å². The van der Waals surface area contributed by atoms with Crippen LogP contribution in [0.1, 0.15) is 55.2 Å². The van der Waals surface area contributed by atoms with Gasteiger partial charge in [-0.3, -0.25) is 9.52 Å². The SMILES string of the molecule is O=C(C1CCCC1)N1CCc2cc(NS(=O)(=O)c3ccc4c(c3)CCCC4)ccc21. The summed E-state index contributed by atoms with van der Waals surface area (Å²) in [5.74, 6) is 0.381. The van der Waals surface area contributed by atoms with Crippen LogP contribution < -0.4 is 9.62 Å². The molecule has 0 bridgehead atoms. The summed E-state index contributed by atoms with van der Waals surface area (Å²) in [4.78, 5) is 15.1. The van der Waals surface area contributed by atoms with Crippen molar-refractivity contribution in [2.45, 2.75) is 62.7 Å². The van der Waals surface area contributed by atoms with Gasteiger partial charge in [0.25, 0.3) is 10.0 Å². The van der Waals surface area contributed by atoms with Crippen LogP contribution >= 0.6 is 0 Å². The van der Waals surface area contributed by atoms with Crippen molar-refractivity contribution in [3.63, 3.8) is 0 Å². The molecular weight excluding hydrogens is 396 g/mol. The van der Waals surface area contributed by atoms with E-state index in [4.69, 9.17) is 0 Å². The molecule has 2 aliphatic carbocycles. The molecule has 1 heterocycles. The van der Waals surface area contributed by atoms with Gasteiger partial charge >= 0.3 is 0 Å². The second-order valence-electron chi connectivity index (χ2n) is 8.81. The lowest BCUT2D eigenvalue weighted by molar-refractivity contribution is -0.122. The first-order valence-electron chi connectivity index (χ1n) is 11.1. The number of carbonyl (C=O) groups is 1. The number of hydrogen-bond acceptors (Lipinski definition) is 3. The molecule has 1 aliphatic heterocycles. The van der Waals surface area contributed by atoms with Gasteiger partial charge in [0.1, 0.15) is 0 Å². The van der Waals surface area contributed by atoms with Crippen LogP contribution in [0.2, 0.25) is 0 Å². The third-order valence-corrected chi connectivity index (χ3v) is 8.21. The molecule has 0 atom stereocenters. The highest BCUT2D eigenvalue weighted by molar-refractivity contribution is 7.92. The van der Waals surface area contributed by atoms with Crippen LogP contribution in [0.3, 0.4) is 0 Å². The Hall–Kier alpha value is -2.34. The molecule has 0 aromatic heterocycles. The van der Waals surface area contributed by atoms with E-state index in [1.54, 1.807) is 12.1 Å². The fourth-order valence-corrected chi connectivity index (χ4v) is 6.28. The van der Waals surface area contributed by atoms with Crippen molar-refractivity contribution in [3.05, 3.63) is 53.1 Å². The van der Waals surface area contributed by atoms with E-state index in [1.807, 2.05) is 29.2 Å². The summed E-state index contributed by atoms with van der Waals surface area (Å²) in [6.45, 7) is 0.686. The fourth-order valence-electron chi connectivity index (χ4n) is 5.18. The number of benzene rings is 2. The number of fused-ring (bicyclic) bond motifs is 2. The van der Waals surface area contributed by atoms with E-state index in [0.29, 0.717) is 17.1 Å². The highest BCUT2D eigenvalue weighted by Gasteiger charge is 2.32. The predicted octanol–water partition coefficient (Wildman–Crippen LogP) is 4.45. The molecule has 158 valence electrons. The average Bonchev–Trinajstić information content (AvgIpc) is 3.42. The number of nitrogens with zero attached hydrogens (tertiary/aromatic N) is 1. The minimum atomic E-state index is -3.64. The molecule has 2 aromatic carbocycles. The summed E-state index contributed by atoms with van der Waals surface area (Å²) in [6.07, 6.45) is 9.29. The Morgan fingerprint density at radius 1 is 0.867 bits per heavy atom. The fraction of sp³-hybridized carbons (Fsp3) is 0.458. The van der Waals surface area contributed by atoms with E-state index >= 15 is 0 Å². The molecule has 0 radical (unpaired) electrons. The minimum absolute atomic E-state index is 0.151. The summed E-state index contributed by atoms with van der Waals surface area (Å²) in [5.41, 5.74) is 4.95. The van der Waals surface area contributed by atoms with Gasteiger partial charge in [-0.1, -0.05) is 18.9 Å². The Bertz CT molecular complexity index is 1090. The molecular formula is C24H28N2O3S. The summed E-state index contributed by atoms with van der Waals surface area (Å²) in [5, 5.41) is 0. The van der Waals surface area contributed by atoms with Gasteiger partial charge in [0.15, 0.2) is 0 Å². The van der Waals surface area contributed by atoms with Crippen LogP contribution in [0.25, 0.3) is 0 Å². The van der Waals surface area contributed by atoms with Crippen molar-refractivity contribution in [3.8, 4) is 0 Å². The monoisotopic (exact) mass is 424 g/mol. The van der Waals surface area contributed by atoms with E-state index in [0.717, 1.165) is 68.2 Å². The molecule has 2 aromatic rings. The number of rotatable bonds is 4. The number of aryl methyl sites for hydroxylation is 2. The van der Waals surface area contributed by atoms with Crippen molar-refractivity contribution in [1.82, 2.24) is 0 Å². The van der Waals surface area contributed by atoms with Crippen molar-refractivity contribution >= 4 is 27.3 Å². The third-order valence-electron chi connectivity index (χ3n) is 6.83. The zero-order valence-corrected chi connectivity index (χ0v) is 18.0. The van der Waals surface area contributed by atoms with Gasteiger partial charge < -0.3 is 4.90 Å². The molecule has 0 unspecified atom stereocenters. The maximum atomic E-state index is 13.0. The first kappa shape index (κ1) is 19.6. The molecule has 5 rings (SSSR count). The van der Waals surface area contributed by atoms with Gasteiger partial charge in [-0.25, -0.2) is 8.42 Å².